The number of hydrogen-bond donors (Lipinski definition) is 0. The number of fused-ring (bicyclic) bond motifs is 1. The average Bonchev–Trinajstić information content (AvgIpc) is 2.66. The summed E-state index contributed by atoms with van der Waals surface area (Å²) in [6.45, 7) is 0. The first-order valence-electron chi connectivity index (χ1n) is 5.52. The van der Waals surface area contributed by atoms with Crippen LogP contribution < -0.4 is 4.90 Å². The molecule has 0 unspecified atom stereocenters. The molecule has 1 aliphatic heterocycles. The third kappa shape index (κ3) is 1.95. The van der Waals surface area contributed by atoms with Crippen LogP contribution in [0.15, 0.2) is 42.5 Å². The number of imide groups is 1. The van der Waals surface area contributed by atoms with Crippen LogP contribution in [0.3, 0.4) is 0 Å². The lowest BCUT2D eigenvalue weighted by Crippen LogP contribution is -2.29. The number of rotatable bonds is 1. The van der Waals surface area contributed by atoms with Gasteiger partial charge in [0.2, 0.25) is 0 Å². The molecule has 19 heavy (non-hydrogen) atoms. The maximum absolute atomic E-state index is 12.3. The van der Waals surface area contributed by atoms with E-state index < -0.39 is 0 Å². The van der Waals surface area contributed by atoms with Gasteiger partial charge >= 0.3 is 0 Å². The van der Waals surface area contributed by atoms with Crippen molar-refractivity contribution in [2.24, 2.45) is 0 Å². The molecule has 0 saturated carbocycles. The Kier molecular flexibility index (Phi) is 3.06. The maximum atomic E-state index is 12.3. The number of carbonyl (C=O) groups excluding carboxylic acids is 2. The van der Waals surface area contributed by atoms with Gasteiger partial charge < -0.3 is 0 Å². The van der Waals surface area contributed by atoms with E-state index in [1.165, 1.54) is 0 Å². The van der Waals surface area contributed by atoms with Crippen LogP contribution in [0.1, 0.15) is 20.7 Å². The lowest BCUT2D eigenvalue weighted by molar-refractivity contribution is 0.0926. The van der Waals surface area contributed by atoms with E-state index in [0.29, 0.717) is 21.8 Å². The van der Waals surface area contributed by atoms with Crippen molar-refractivity contribution in [2.45, 2.75) is 0 Å². The van der Waals surface area contributed by atoms with Crippen molar-refractivity contribution in [3.8, 4) is 0 Å². The van der Waals surface area contributed by atoms with Gasteiger partial charge in [-0.05, 0) is 52.9 Å². The molecule has 3 rings (SSSR count). The monoisotopic (exact) mass is 383 g/mol. The number of nitrogens with zero attached hydrogens (tertiary/aromatic N) is 1. The molecule has 0 spiro atoms. The Morgan fingerprint density at radius 2 is 1.53 bits per heavy atom. The largest absolute Gasteiger partial charge is 0.268 e. The standard InChI is InChI=1S/C14H7ClINO2/c15-11-7-8(5-6-12(11)16)17-13(18)9-3-1-2-4-10(9)14(17)19/h1-7H. The minimum absolute atomic E-state index is 0.308. The SMILES string of the molecule is O=C1c2ccccc2C(=O)N1c1ccc(I)c(Cl)c1. The van der Waals surface area contributed by atoms with E-state index >= 15 is 0 Å². The number of halogens is 2. The molecule has 0 aromatic heterocycles. The van der Waals surface area contributed by atoms with Gasteiger partial charge in [0, 0.05) is 3.57 Å². The van der Waals surface area contributed by atoms with E-state index in [4.69, 9.17) is 11.6 Å². The summed E-state index contributed by atoms with van der Waals surface area (Å²) in [5.41, 5.74) is 1.36. The van der Waals surface area contributed by atoms with Gasteiger partial charge in [-0.1, -0.05) is 23.7 Å². The van der Waals surface area contributed by atoms with Crippen LogP contribution in [-0.4, -0.2) is 11.8 Å². The molecule has 0 saturated heterocycles. The second-order valence-corrected chi connectivity index (χ2v) is 5.66. The second-order valence-electron chi connectivity index (χ2n) is 4.09. The summed E-state index contributed by atoms with van der Waals surface area (Å²) in [5, 5.41) is 0.523. The van der Waals surface area contributed by atoms with E-state index in [-0.39, 0.29) is 11.8 Å². The minimum atomic E-state index is -0.308. The molecular formula is C14H7ClINO2. The molecule has 2 amide bonds. The summed E-state index contributed by atoms with van der Waals surface area (Å²) in [6.07, 6.45) is 0. The molecule has 94 valence electrons. The molecule has 1 aliphatic rings. The average molecular weight is 384 g/mol. The highest BCUT2D eigenvalue weighted by molar-refractivity contribution is 14.1. The normalized spacial score (nSPS) is 13.9. The third-order valence-electron chi connectivity index (χ3n) is 2.96. The highest BCUT2D eigenvalue weighted by Gasteiger charge is 2.36. The van der Waals surface area contributed by atoms with E-state index in [9.17, 15) is 9.59 Å². The van der Waals surface area contributed by atoms with Gasteiger partial charge in [0.1, 0.15) is 0 Å². The zero-order chi connectivity index (χ0) is 13.6. The zero-order valence-electron chi connectivity index (χ0n) is 9.56. The van der Waals surface area contributed by atoms with Crippen molar-refractivity contribution in [3.05, 3.63) is 62.2 Å². The Balaban J connectivity index is 2.11. The molecule has 5 heteroatoms. The van der Waals surface area contributed by atoms with Crippen molar-refractivity contribution >= 4 is 51.7 Å². The smallest absolute Gasteiger partial charge is 0.266 e. The van der Waals surface area contributed by atoms with Crippen molar-refractivity contribution < 1.29 is 9.59 Å². The van der Waals surface area contributed by atoms with Crippen LogP contribution >= 0.6 is 34.2 Å². The summed E-state index contributed by atoms with van der Waals surface area (Å²) < 4.78 is 0.875. The van der Waals surface area contributed by atoms with Gasteiger partial charge in [0.15, 0.2) is 0 Å². The molecule has 3 nitrogen and oxygen atoms in total. The fraction of sp³-hybridized carbons (Fsp3) is 0. The van der Waals surface area contributed by atoms with Gasteiger partial charge in [0.05, 0.1) is 21.8 Å². The number of benzene rings is 2. The fourth-order valence-corrected chi connectivity index (χ4v) is 2.56. The molecule has 0 bridgehead atoms. The highest BCUT2D eigenvalue weighted by Crippen LogP contribution is 2.31. The van der Waals surface area contributed by atoms with Crippen LogP contribution in [0.4, 0.5) is 5.69 Å². The quantitative estimate of drug-likeness (QED) is 0.556. The van der Waals surface area contributed by atoms with Crippen LogP contribution in [0, 0.1) is 3.57 Å². The van der Waals surface area contributed by atoms with Gasteiger partial charge in [0.25, 0.3) is 11.8 Å². The lowest BCUT2D eigenvalue weighted by Gasteiger charge is -2.14. The lowest BCUT2D eigenvalue weighted by atomic mass is 10.1. The predicted octanol–water partition coefficient (Wildman–Crippen LogP) is 3.75. The first-order chi connectivity index (χ1) is 9.09. The molecule has 0 N–H and O–H groups in total. The number of carbonyl (C=O) groups is 2. The molecule has 0 aliphatic carbocycles. The van der Waals surface area contributed by atoms with E-state index in [2.05, 4.69) is 22.6 Å². The Morgan fingerprint density at radius 1 is 0.947 bits per heavy atom. The van der Waals surface area contributed by atoms with Crippen LogP contribution in [0.25, 0.3) is 0 Å². The van der Waals surface area contributed by atoms with Gasteiger partial charge in [-0.25, -0.2) is 4.90 Å². The molecule has 2 aromatic carbocycles. The van der Waals surface area contributed by atoms with Gasteiger partial charge in [-0.3, -0.25) is 9.59 Å². The second kappa shape index (κ2) is 4.61. The number of hydrogen-bond acceptors (Lipinski definition) is 2. The molecule has 1 heterocycles. The summed E-state index contributed by atoms with van der Waals surface area (Å²) in [5.74, 6) is -0.615. The minimum Gasteiger partial charge on any atom is -0.268 e. The van der Waals surface area contributed by atoms with Crippen molar-refractivity contribution in [1.29, 1.82) is 0 Å². The van der Waals surface area contributed by atoms with Crippen molar-refractivity contribution in [3.63, 3.8) is 0 Å². The first-order valence-corrected chi connectivity index (χ1v) is 6.98. The number of amides is 2. The van der Waals surface area contributed by atoms with E-state index in [1.807, 2.05) is 0 Å². The van der Waals surface area contributed by atoms with E-state index in [1.54, 1.807) is 42.5 Å². The first kappa shape index (κ1) is 12.6. The molecule has 0 radical (unpaired) electrons. The third-order valence-corrected chi connectivity index (χ3v) is 4.53. The van der Waals surface area contributed by atoms with Gasteiger partial charge in [-0.2, -0.15) is 0 Å². The van der Waals surface area contributed by atoms with Crippen LogP contribution in [-0.2, 0) is 0 Å². The molecule has 0 atom stereocenters. The molecule has 2 aromatic rings. The summed E-state index contributed by atoms with van der Waals surface area (Å²) in [6, 6.07) is 11.9. The van der Waals surface area contributed by atoms with Crippen LogP contribution in [0.2, 0.25) is 5.02 Å². The zero-order valence-corrected chi connectivity index (χ0v) is 12.5. The summed E-state index contributed by atoms with van der Waals surface area (Å²) in [4.78, 5) is 25.7. The number of anilines is 1. The Bertz CT molecular complexity index is 679. The van der Waals surface area contributed by atoms with E-state index in [0.717, 1.165) is 8.47 Å². The Labute approximate surface area is 128 Å². The molecular weight excluding hydrogens is 377 g/mol. The van der Waals surface area contributed by atoms with Crippen LogP contribution in [0.5, 0.6) is 0 Å². The van der Waals surface area contributed by atoms with Crippen molar-refractivity contribution in [2.75, 3.05) is 4.90 Å². The van der Waals surface area contributed by atoms with Gasteiger partial charge in [-0.15, -0.1) is 0 Å². The Morgan fingerprint density at radius 3 is 2.05 bits per heavy atom. The summed E-state index contributed by atoms with van der Waals surface area (Å²) in [7, 11) is 0. The molecule has 0 fully saturated rings. The fourth-order valence-electron chi connectivity index (χ4n) is 2.05. The van der Waals surface area contributed by atoms with Crippen molar-refractivity contribution in [1.82, 2.24) is 0 Å². The summed E-state index contributed by atoms with van der Waals surface area (Å²) >= 11 is 8.14. The predicted molar refractivity (Wildman–Crippen MR) is 81.8 cm³/mol. The highest BCUT2D eigenvalue weighted by atomic mass is 127. The Hall–Kier alpha value is -1.40. The maximum Gasteiger partial charge on any atom is 0.266 e. The topological polar surface area (TPSA) is 37.4 Å².